The molecule has 1 atom stereocenters. The Morgan fingerprint density at radius 2 is 2.40 bits per heavy atom. The van der Waals surface area contributed by atoms with Crippen molar-refractivity contribution in [3.8, 4) is 11.9 Å². The topological polar surface area (TPSA) is 62.0 Å². The quantitative estimate of drug-likeness (QED) is 0.605. The number of ether oxygens (including phenoxy) is 1. The Morgan fingerprint density at radius 1 is 1.53 bits per heavy atom. The van der Waals surface area contributed by atoms with Gasteiger partial charge in [0.1, 0.15) is 12.2 Å². The maximum atomic E-state index is 8.55. The van der Waals surface area contributed by atoms with Crippen LogP contribution >= 0.6 is 22.9 Å². The SMILES string of the molecule is N#Cc1ccc(O[C@@H]2CCN(I)C2)nn1. The molecule has 1 aliphatic heterocycles. The Bertz CT molecular complexity index is 375. The minimum atomic E-state index is 0.184. The summed E-state index contributed by atoms with van der Waals surface area (Å²) in [7, 11) is 0. The summed E-state index contributed by atoms with van der Waals surface area (Å²) in [5.74, 6) is 0.491. The van der Waals surface area contributed by atoms with Gasteiger partial charge in [-0.1, -0.05) is 0 Å². The monoisotopic (exact) mass is 316 g/mol. The van der Waals surface area contributed by atoms with Gasteiger partial charge in [0.25, 0.3) is 0 Å². The van der Waals surface area contributed by atoms with Gasteiger partial charge in [0, 0.05) is 42.0 Å². The standard InChI is InChI=1S/C9H9IN4O/c10-14-4-3-8(6-14)15-9-2-1-7(5-11)12-13-9/h1-2,8H,3-4,6H2/t8-/m1/s1. The van der Waals surface area contributed by atoms with Crippen LogP contribution in [0.2, 0.25) is 0 Å². The summed E-state index contributed by atoms with van der Waals surface area (Å²) in [6, 6.07) is 5.21. The molecule has 0 spiro atoms. The van der Waals surface area contributed by atoms with E-state index >= 15 is 0 Å². The minimum Gasteiger partial charge on any atom is -0.472 e. The van der Waals surface area contributed by atoms with E-state index in [9.17, 15) is 0 Å². The first-order chi connectivity index (χ1) is 7.28. The van der Waals surface area contributed by atoms with Gasteiger partial charge in [-0.05, 0) is 12.5 Å². The van der Waals surface area contributed by atoms with Crippen LogP contribution in [0, 0.1) is 11.3 Å². The fraction of sp³-hybridized carbons (Fsp3) is 0.444. The molecule has 0 unspecified atom stereocenters. The highest BCUT2D eigenvalue weighted by molar-refractivity contribution is 14.1. The molecule has 1 aliphatic rings. The zero-order valence-corrected chi connectivity index (χ0v) is 10.1. The lowest BCUT2D eigenvalue weighted by molar-refractivity contribution is 0.207. The van der Waals surface area contributed by atoms with Gasteiger partial charge in [-0.2, -0.15) is 5.26 Å². The highest BCUT2D eigenvalue weighted by Gasteiger charge is 2.22. The number of nitriles is 1. The van der Waals surface area contributed by atoms with Crippen molar-refractivity contribution in [2.75, 3.05) is 13.1 Å². The van der Waals surface area contributed by atoms with Crippen LogP contribution in [-0.4, -0.2) is 32.5 Å². The first kappa shape index (κ1) is 10.6. The van der Waals surface area contributed by atoms with E-state index in [2.05, 4.69) is 36.2 Å². The molecule has 5 nitrogen and oxygen atoms in total. The van der Waals surface area contributed by atoms with Gasteiger partial charge in [0.05, 0.1) is 0 Å². The first-order valence-corrected chi connectivity index (χ1v) is 5.55. The Kier molecular flexibility index (Phi) is 3.33. The van der Waals surface area contributed by atoms with E-state index in [4.69, 9.17) is 10.00 Å². The molecule has 0 N–H and O–H groups in total. The van der Waals surface area contributed by atoms with Crippen molar-refractivity contribution >= 4 is 22.9 Å². The Morgan fingerprint density at radius 3 is 2.93 bits per heavy atom. The van der Waals surface area contributed by atoms with Crippen molar-refractivity contribution in [1.82, 2.24) is 13.3 Å². The van der Waals surface area contributed by atoms with E-state index in [1.54, 1.807) is 12.1 Å². The van der Waals surface area contributed by atoms with Gasteiger partial charge in [0.2, 0.25) is 5.88 Å². The molecular formula is C9H9IN4O. The molecule has 2 rings (SSSR count). The van der Waals surface area contributed by atoms with Crippen LogP contribution in [0.25, 0.3) is 0 Å². The van der Waals surface area contributed by atoms with Crippen molar-refractivity contribution in [1.29, 1.82) is 5.26 Å². The lowest BCUT2D eigenvalue weighted by atomic mass is 10.3. The summed E-state index contributed by atoms with van der Waals surface area (Å²) >= 11 is 2.28. The van der Waals surface area contributed by atoms with Gasteiger partial charge in [-0.3, -0.25) is 0 Å². The zero-order chi connectivity index (χ0) is 10.7. The molecule has 0 bridgehead atoms. The van der Waals surface area contributed by atoms with E-state index in [1.165, 1.54) is 0 Å². The van der Waals surface area contributed by atoms with Crippen LogP contribution in [0.4, 0.5) is 0 Å². The van der Waals surface area contributed by atoms with E-state index in [1.807, 2.05) is 6.07 Å². The lowest BCUT2D eigenvalue weighted by Crippen LogP contribution is -2.19. The summed E-state index contributed by atoms with van der Waals surface area (Å²) in [6.07, 6.45) is 1.19. The summed E-state index contributed by atoms with van der Waals surface area (Å²) in [5.41, 5.74) is 0.310. The number of rotatable bonds is 2. The summed E-state index contributed by atoms with van der Waals surface area (Å²) < 4.78 is 7.80. The molecule has 1 saturated heterocycles. The number of hydrogen-bond acceptors (Lipinski definition) is 5. The van der Waals surface area contributed by atoms with E-state index in [-0.39, 0.29) is 6.10 Å². The molecule has 0 amide bonds. The number of hydrogen-bond donors (Lipinski definition) is 0. The van der Waals surface area contributed by atoms with Crippen LogP contribution < -0.4 is 4.74 Å². The predicted octanol–water partition coefficient (Wildman–Crippen LogP) is 1.15. The minimum absolute atomic E-state index is 0.184. The van der Waals surface area contributed by atoms with E-state index in [0.717, 1.165) is 19.5 Å². The van der Waals surface area contributed by atoms with Crippen LogP contribution in [0.3, 0.4) is 0 Å². The third-order valence-electron chi connectivity index (χ3n) is 2.14. The van der Waals surface area contributed by atoms with Crippen LogP contribution in [0.1, 0.15) is 12.1 Å². The lowest BCUT2D eigenvalue weighted by Gasteiger charge is -2.11. The maximum Gasteiger partial charge on any atom is 0.233 e. The molecular weight excluding hydrogens is 307 g/mol. The Balaban J connectivity index is 1.96. The summed E-state index contributed by atoms with van der Waals surface area (Å²) in [4.78, 5) is 0. The largest absolute Gasteiger partial charge is 0.472 e. The van der Waals surface area contributed by atoms with Crippen LogP contribution in [0.15, 0.2) is 12.1 Å². The molecule has 78 valence electrons. The second kappa shape index (κ2) is 4.72. The van der Waals surface area contributed by atoms with Crippen molar-refractivity contribution < 1.29 is 4.74 Å². The molecule has 1 aromatic heterocycles. The molecule has 1 aromatic rings. The molecule has 0 saturated carbocycles. The zero-order valence-electron chi connectivity index (χ0n) is 7.93. The normalized spacial score (nSPS) is 21.2. The van der Waals surface area contributed by atoms with Crippen LogP contribution in [0.5, 0.6) is 5.88 Å². The fourth-order valence-corrected chi connectivity index (χ4v) is 2.11. The summed E-state index contributed by atoms with van der Waals surface area (Å²) in [6.45, 7) is 1.94. The van der Waals surface area contributed by atoms with Gasteiger partial charge in [0.15, 0.2) is 5.69 Å². The van der Waals surface area contributed by atoms with Gasteiger partial charge in [-0.15, -0.1) is 10.2 Å². The van der Waals surface area contributed by atoms with Crippen molar-refractivity contribution in [2.24, 2.45) is 0 Å². The maximum absolute atomic E-state index is 8.55. The second-order valence-electron chi connectivity index (χ2n) is 3.27. The van der Waals surface area contributed by atoms with Crippen molar-refractivity contribution in [3.63, 3.8) is 0 Å². The number of halogens is 1. The van der Waals surface area contributed by atoms with Crippen molar-refractivity contribution in [3.05, 3.63) is 17.8 Å². The van der Waals surface area contributed by atoms with Crippen LogP contribution in [-0.2, 0) is 0 Å². The Labute approximate surface area is 102 Å². The number of nitrogens with zero attached hydrogens (tertiary/aromatic N) is 4. The first-order valence-electron chi connectivity index (χ1n) is 4.59. The second-order valence-corrected chi connectivity index (χ2v) is 4.63. The molecule has 0 aliphatic carbocycles. The van der Waals surface area contributed by atoms with E-state index in [0.29, 0.717) is 11.6 Å². The van der Waals surface area contributed by atoms with Crippen molar-refractivity contribution in [2.45, 2.75) is 12.5 Å². The smallest absolute Gasteiger partial charge is 0.233 e. The molecule has 1 fully saturated rings. The Hall–Kier alpha value is -0.940. The average molecular weight is 316 g/mol. The highest BCUT2D eigenvalue weighted by Crippen LogP contribution is 2.18. The van der Waals surface area contributed by atoms with E-state index < -0.39 is 0 Å². The van der Waals surface area contributed by atoms with Gasteiger partial charge in [-0.25, -0.2) is 3.11 Å². The van der Waals surface area contributed by atoms with Gasteiger partial charge >= 0.3 is 0 Å². The number of aromatic nitrogens is 2. The third kappa shape index (κ3) is 2.76. The third-order valence-corrected chi connectivity index (χ3v) is 3.01. The molecule has 6 heteroatoms. The fourth-order valence-electron chi connectivity index (χ4n) is 1.40. The van der Waals surface area contributed by atoms with Gasteiger partial charge < -0.3 is 4.74 Å². The molecule has 0 radical (unpaired) electrons. The predicted molar refractivity (Wildman–Crippen MR) is 61.4 cm³/mol. The summed E-state index contributed by atoms with van der Waals surface area (Å²) in [5, 5.41) is 16.1. The molecule has 0 aromatic carbocycles. The molecule has 2 heterocycles. The average Bonchev–Trinajstić information content (AvgIpc) is 2.65. The molecule has 15 heavy (non-hydrogen) atoms. The highest BCUT2D eigenvalue weighted by atomic mass is 127.